The van der Waals surface area contributed by atoms with Gasteiger partial charge in [-0.1, -0.05) is 12.1 Å². The molecule has 1 unspecified atom stereocenters. The number of carbonyl (C=O) groups is 1. The van der Waals surface area contributed by atoms with Gasteiger partial charge in [-0.25, -0.2) is 0 Å². The number of nitrogens with one attached hydrogen (secondary N) is 2. The highest BCUT2D eigenvalue weighted by atomic mass is 35.5. The summed E-state index contributed by atoms with van der Waals surface area (Å²) in [6.07, 6.45) is 2.03. The van der Waals surface area contributed by atoms with Crippen LogP contribution in [0.4, 0.5) is 20.2 Å². The van der Waals surface area contributed by atoms with E-state index < -0.39 is 6.61 Å². The molecular formula is C20H24ClF2N3O2. The first kappa shape index (κ1) is 21.9. The number of alkyl halides is 2. The molecule has 0 saturated carbocycles. The van der Waals surface area contributed by atoms with Gasteiger partial charge in [-0.2, -0.15) is 8.78 Å². The number of amides is 1. The van der Waals surface area contributed by atoms with Gasteiger partial charge in [-0.15, -0.1) is 12.4 Å². The molecule has 2 N–H and O–H groups in total. The van der Waals surface area contributed by atoms with Crippen molar-refractivity contribution in [3.63, 3.8) is 0 Å². The monoisotopic (exact) mass is 411 g/mol. The number of hydrogen-bond acceptors (Lipinski definition) is 4. The highest BCUT2D eigenvalue weighted by Gasteiger charge is 2.25. The molecule has 1 heterocycles. The Bertz CT molecular complexity index is 774. The number of halogens is 3. The number of hydrogen-bond donors (Lipinski definition) is 2. The summed E-state index contributed by atoms with van der Waals surface area (Å²) in [5.41, 5.74) is 1.95. The zero-order chi connectivity index (χ0) is 19.2. The first-order valence-corrected chi connectivity index (χ1v) is 8.94. The fraction of sp³-hybridized carbons (Fsp3) is 0.350. The predicted octanol–water partition coefficient (Wildman–Crippen LogP) is 4.28. The second-order valence-electron chi connectivity index (χ2n) is 6.45. The number of carbonyl (C=O) groups excluding carboxylic acids is 1. The summed E-state index contributed by atoms with van der Waals surface area (Å²) < 4.78 is 28.9. The molecule has 1 aliphatic heterocycles. The Kier molecular flexibility index (Phi) is 8.02. The first-order chi connectivity index (χ1) is 13.1. The van der Waals surface area contributed by atoms with E-state index in [2.05, 4.69) is 15.4 Å². The minimum atomic E-state index is -2.85. The lowest BCUT2D eigenvalue weighted by molar-refractivity contribution is -0.0498. The Morgan fingerprint density at radius 1 is 1.18 bits per heavy atom. The van der Waals surface area contributed by atoms with E-state index in [0.717, 1.165) is 19.4 Å². The molecule has 152 valence electrons. The smallest absolute Gasteiger partial charge is 0.387 e. The van der Waals surface area contributed by atoms with E-state index in [9.17, 15) is 13.6 Å². The number of para-hydroxylation sites is 1. The van der Waals surface area contributed by atoms with Crippen LogP contribution in [0.5, 0.6) is 5.75 Å². The Labute approximate surface area is 169 Å². The summed E-state index contributed by atoms with van der Waals surface area (Å²) in [5, 5.41) is 6.43. The molecule has 8 heteroatoms. The van der Waals surface area contributed by atoms with Gasteiger partial charge in [0.1, 0.15) is 5.75 Å². The molecule has 0 aliphatic carbocycles. The van der Waals surface area contributed by atoms with Crippen LogP contribution in [0.2, 0.25) is 0 Å². The van der Waals surface area contributed by atoms with E-state index >= 15 is 0 Å². The molecule has 2 aromatic carbocycles. The number of ether oxygens (including phenoxy) is 1. The second-order valence-corrected chi connectivity index (χ2v) is 6.45. The molecule has 1 atom stereocenters. The van der Waals surface area contributed by atoms with Crippen molar-refractivity contribution in [1.29, 1.82) is 0 Å². The molecule has 3 rings (SSSR count). The van der Waals surface area contributed by atoms with Crippen LogP contribution in [0.1, 0.15) is 23.2 Å². The molecule has 0 radical (unpaired) electrons. The van der Waals surface area contributed by atoms with Crippen LogP contribution in [0, 0.1) is 0 Å². The number of anilines is 2. The van der Waals surface area contributed by atoms with Gasteiger partial charge in [-0.3, -0.25) is 4.79 Å². The van der Waals surface area contributed by atoms with Crippen molar-refractivity contribution < 1.29 is 18.3 Å². The van der Waals surface area contributed by atoms with Crippen molar-refractivity contribution in [2.24, 2.45) is 0 Å². The molecule has 1 aliphatic rings. The van der Waals surface area contributed by atoms with Crippen molar-refractivity contribution in [1.82, 2.24) is 10.2 Å². The lowest BCUT2D eigenvalue weighted by atomic mass is 10.0. The average molecular weight is 412 g/mol. The summed E-state index contributed by atoms with van der Waals surface area (Å²) >= 11 is 0. The molecule has 0 aromatic heterocycles. The van der Waals surface area contributed by atoms with Gasteiger partial charge < -0.3 is 20.3 Å². The van der Waals surface area contributed by atoms with Crippen LogP contribution in [-0.4, -0.2) is 43.6 Å². The Hall–Kier alpha value is -2.38. The van der Waals surface area contributed by atoms with Gasteiger partial charge in [0.05, 0.1) is 11.3 Å². The normalized spacial score (nSPS) is 16.4. The highest BCUT2D eigenvalue weighted by Crippen LogP contribution is 2.25. The van der Waals surface area contributed by atoms with Gasteiger partial charge in [0.25, 0.3) is 5.91 Å². The molecule has 1 amide bonds. The lowest BCUT2D eigenvalue weighted by Gasteiger charge is -2.33. The Balaban J connectivity index is 0.00000280. The molecule has 5 nitrogen and oxygen atoms in total. The Morgan fingerprint density at radius 3 is 2.57 bits per heavy atom. The molecule has 1 saturated heterocycles. The molecule has 28 heavy (non-hydrogen) atoms. The third-order valence-electron chi connectivity index (χ3n) is 4.63. The van der Waals surface area contributed by atoms with Crippen LogP contribution in [0.3, 0.4) is 0 Å². The fourth-order valence-electron chi connectivity index (χ4n) is 3.22. The topological polar surface area (TPSA) is 53.6 Å². The summed E-state index contributed by atoms with van der Waals surface area (Å²) in [5.74, 6) is 0.0713. The zero-order valence-corrected chi connectivity index (χ0v) is 16.3. The van der Waals surface area contributed by atoms with Crippen LogP contribution < -0.4 is 15.4 Å². The Morgan fingerprint density at radius 2 is 1.89 bits per heavy atom. The maximum absolute atomic E-state index is 13.0. The first-order valence-electron chi connectivity index (χ1n) is 8.94. The largest absolute Gasteiger partial charge is 0.435 e. The third kappa shape index (κ3) is 5.56. The van der Waals surface area contributed by atoms with Gasteiger partial charge in [0, 0.05) is 24.8 Å². The number of nitrogens with zero attached hydrogens (tertiary/aromatic N) is 1. The van der Waals surface area contributed by atoms with E-state index in [1.54, 1.807) is 18.2 Å². The predicted molar refractivity (Wildman–Crippen MR) is 108 cm³/mol. The van der Waals surface area contributed by atoms with Crippen LogP contribution in [0.25, 0.3) is 0 Å². The SMILES string of the molecule is CNC1CCCN(C(=O)c2ccccc2Nc2ccc(OC(F)F)cc2)C1.Cl. The standard InChI is InChI=1S/C20H23F2N3O2.ClH/c1-23-15-5-4-12-25(13-15)19(26)17-6-2-3-7-18(17)24-14-8-10-16(11-9-14)27-20(21)22;/h2-3,6-11,15,20,23-24H,4-5,12-13H2,1H3;1H. The summed E-state index contributed by atoms with van der Waals surface area (Å²) in [6, 6.07) is 13.8. The summed E-state index contributed by atoms with van der Waals surface area (Å²) in [7, 11) is 1.91. The van der Waals surface area contributed by atoms with Crippen LogP contribution >= 0.6 is 12.4 Å². The van der Waals surface area contributed by atoms with E-state index in [0.29, 0.717) is 29.5 Å². The number of likely N-dealkylation sites (N-methyl/N-ethyl adjacent to an activating group) is 1. The van der Waals surface area contributed by atoms with E-state index in [1.807, 2.05) is 30.1 Å². The second kappa shape index (κ2) is 10.2. The molecule has 0 spiro atoms. The average Bonchev–Trinajstić information content (AvgIpc) is 2.69. The molecule has 1 fully saturated rings. The van der Waals surface area contributed by atoms with Crippen molar-refractivity contribution in [3.05, 3.63) is 54.1 Å². The molecule has 0 bridgehead atoms. The minimum absolute atomic E-state index is 0. The lowest BCUT2D eigenvalue weighted by Crippen LogP contribution is -2.47. The molecular weight excluding hydrogens is 388 g/mol. The van der Waals surface area contributed by atoms with Crippen molar-refractivity contribution >= 4 is 29.7 Å². The van der Waals surface area contributed by atoms with Crippen molar-refractivity contribution in [2.75, 3.05) is 25.5 Å². The van der Waals surface area contributed by atoms with Gasteiger partial charge in [0.2, 0.25) is 0 Å². The van der Waals surface area contributed by atoms with Crippen molar-refractivity contribution in [3.8, 4) is 5.75 Å². The van der Waals surface area contributed by atoms with Gasteiger partial charge >= 0.3 is 6.61 Å². The summed E-state index contributed by atoms with van der Waals surface area (Å²) in [4.78, 5) is 14.9. The van der Waals surface area contributed by atoms with E-state index in [-0.39, 0.29) is 24.1 Å². The maximum atomic E-state index is 13.0. The van der Waals surface area contributed by atoms with Gasteiger partial charge in [0.15, 0.2) is 0 Å². The maximum Gasteiger partial charge on any atom is 0.387 e. The van der Waals surface area contributed by atoms with Gasteiger partial charge in [-0.05, 0) is 56.3 Å². The minimum Gasteiger partial charge on any atom is -0.435 e. The quantitative estimate of drug-likeness (QED) is 0.745. The fourth-order valence-corrected chi connectivity index (χ4v) is 3.22. The zero-order valence-electron chi connectivity index (χ0n) is 15.5. The van der Waals surface area contributed by atoms with E-state index in [4.69, 9.17) is 0 Å². The number of likely N-dealkylation sites (tertiary alicyclic amines) is 1. The molecule has 2 aromatic rings. The number of benzene rings is 2. The van der Waals surface area contributed by atoms with Crippen LogP contribution in [-0.2, 0) is 0 Å². The number of rotatable bonds is 6. The van der Waals surface area contributed by atoms with Crippen LogP contribution in [0.15, 0.2) is 48.5 Å². The highest BCUT2D eigenvalue weighted by molar-refractivity contribution is 6.00. The number of piperidine rings is 1. The van der Waals surface area contributed by atoms with Crippen molar-refractivity contribution in [2.45, 2.75) is 25.5 Å². The third-order valence-corrected chi connectivity index (χ3v) is 4.63. The summed E-state index contributed by atoms with van der Waals surface area (Å²) in [6.45, 7) is -1.43. The van der Waals surface area contributed by atoms with E-state index in [1.165, 1.54) is 12.1 Å².